The van der Waals surface area contributed by atoms with Crippen molar-refractivity contribution in [2.45, 2.75) is 64.7 Å². The summed E-state index contributed by atoms with van der Waals surface area (Å²) < 4.78 is 11.2. The van der Waals surface area contributed by atoms with Gasteiger partial charge in [0.25, 0.3) is 0 Å². The van der Waals surface area contributed by atoms with Gasteiger partial charge in [-0.1, -0.05) is 19.8 Å². The van der Waals surface area contributed by atoms with Gasteiger partial charge in [0.2, 0.25) is 0 Å². The lowest BCUT2D eigenvalue weighted by Gasteiger charge is -2.53. The minimum atomic E-state index is 0.607. The monoisotopic (exact) mass is 318 g/mol. The first-order valence-corrected chi connectivity index (χ1v) is 10.4. The summed E-state index contributed by atoms with van der Waals surface area (Å²) in [6, 6.07) is 0. The fourth-order valence-corrected chi connectivity index (χ4v) is 6.86. The lowest BCUT2D eigenvalue weighted by atomic mass is 9.59. The smallest absolute Gasteiger partial charge is 0.0547 e. The van der Waals surface area contributed by atoms with Crippen molar-refractivity contribution in [2.75, 3.05) is 26.4 Å². The highest BCUT2D eigenvalue weighted by atomic mass is 16.5. The predicted molar refractivity (Wildman–Crippen MR) is 91.2 cm³/mol. The molecule has 2 heteroatoms. The van der Waals surface area contributed by atoms with Gasteiger partial charge in [0.1, 0.15) is 0 Å². The standard InChI is InChI=1S/C21H34O2/c1-2-15-3-4-19(21(10-15)13-23-14-21)18-9-17(18)16-5-7-20(8-6-16)11-22-12-20/h15-19H,2-14H2,1H3. The molecular formula is C21H34O2. The van der Waals surface area contributed by atoms with Crippen molar-refractivity contribution in [3.05, 3.63) is 0 Å². The van der Waals surface area contributed by atoms with E-state index in [0.29, 0.717) is 10.8 Å². The molecule has 2 spiro atoms. The largest absolute Gasteiger partial charge is 0.380 e. The van der Waals surface area contributed by atoms with Crippen LogP contribution < -0.4 is 0 Å². The molecule has 3 aliphatic carbocycles. The average molecular weight is 319 g/mol. The van der Waals surface area contributed by atoms with E-state index in [1.54, 1.807) is 6.42 Å². The van der Waals surface area contributed by atoms with E-state index in [1.165, 1.54) is 51.4 Å². The molecular weight excluding hydrogens is 284 g/mol. The van der Waals surface area contributed by atoms with Gasteiger partial charge in [0, 0.05) is 10.8 Å². The molecule has 0 amide bonds. The van der Waals surface area contributed by atoms with Crippen LogP contribution in [0.25, 0.3) is 0 Å². The van der Waals surface area contributed by atoms with E-state index in [1.807, 2.05) is 0 Å². The average Bonchev–Trinajstić information content (AvgIpc) is 3.31. The molecule has 3 saturated carbocycles. The number of ether oxygens (including phenoxy) is 2. The summed E-state index contributed by atoms with van der Waals surface area (Å²) in [5.74, 6) is 5.18. The minimum absolute atomic E-state index is 0.607. The maximum atomic E-state index is 5.73. The van der Waals surface area contributed by atoms with E-state index >= 15 is 0 Å². The fraction of sp³-hybridized carbons (Fsp3) is 1.00. The molecule has 0 bridgehead atoms. The van der Waals surface area contributed by atoms with Crippen molar-refractivity contribution < 1.29 is 9.47 Å². The van der Waals surface area contributed by atoms with Crippen LogP contribution in [0.2, 0.25) is 0 Å². The van der Waals surface area contributed by atoms with Crippen LogP contribution in [0.3, 0.4) is 0 Å². The summed E-state index contributed by atoms with van der Waals surface area (Å²) in [4.78, 5) is 0. The van der Waals surface area contributed by atoms with E-state index in [-0.39, 0.29) is 0 Å². The van der Waals surface area contributed by atoms with Crippen LogP contribution >= 0.6 is 0 Å². The number of hydrogen-bond acceptors (Lipinski definition) is 2. The van der Waals surface area contributed by atoms with Crippen molar-refractivity contribution in [3.63, 3.8) is 0 Å². The summed E-state index contributed by atoms with van der Waals surface area (Å²) >= 11 is 0. The van der Waals surface area contributed by atoms with E-state index in [9.17, 15) is 0 Å². The van der Waals surface area contributed by atoms with Crippen molar-refractivity contribution >= 4 is 0 Å². The van der Waals surface area contributed by atoms with Crippen LogP contribution in [0.4, 0.5) is 0 Å². The van der Waals surface area contributed by atoms with Gasteiger partial charge in [-0.3, -0.25) is 0 Å². The van der Waals surface area contributed by atoms with Crippen LogP contribution in [-0.4, -0.2) is 26.4 Å². The maximum absolute atomic E-state index is 5.73. The zero-order valence-electron chi connectivity index (χ0n) is 14.9. The third-order valence-corrected chi connectivity index (χ3v) is 8.64. The van der Waals surface area contributed by atoms with Gasteiger partial charge in [-0.15, -0.1) is 0 Å². The summed E-state index contributed by atoms with van der Waals surface area (Å²) in [7, 11) is 0. The second-order valence-corrected chi connectivity index (χ2v) is 9.91. The molecule has 0 N–H and O–H groups in total. The van der Waals surface area contributed by atoms with Gasteiger partial charge in [-0.2, -0.15) is 0 Å². The first-order valence-electron chi connectivity index (χ1n) is 10.4. The highest BCUT2D eigenvalue weighted by Crippen LogP contribution is 2.63. The number of rotatable bonds is 3. The summed E-state index contributed by atoms with van der Waals surface area (Å²) in [5.41, 5.74) is 1.24. The molecule has 2 nitrogen and oxygen atoms in total. The Labute approximate surface area is 141 Å². The molecule has 2 heterocycles. The molecule has 0 aromatic heterocycles. The van der Waals surface area contributed by atoms with Crippen molar-refractivity contribution in [1.29, 1.82) is 0 Å². The summed E-state index contributed by atoms with van der Waals surface area (Å²) in [5, 5.41) is 0. The lowest BCUT2D eigenvalue weighted by molar-refractivity contribution is -0.178. The van der Waals surface area contributed by atoms with E-state index < -0.39 is 0 Å². The summed E-state index contributed by atoms with van der Waals surface area (Å²) in [6.45, 7) is 6.69. The fourth-order valence-electron chi connectivity index (χ4n) is 6.86. The Hall–Kier alpha value is -0.0800. The Morgan fingerprint density at radius 1 is 0.870 bits per heavy atom. The molecule has 5 fully saturated rings. The lowest BCUT2D eigenvalue weighted by Crippen LogP contribution is -2.52. The van der Waals surface area contributed by atoms with Gasteiger partial charge in [-0.05, 0) is 74.5 Å². The first kappa shape index (κ1) is 15.2. The predicted octanol–water partition coefficient (Wildman–Crippen LogP) is 4.67. The molecule has 0 aromatic carbocycles. The molecule has 4 unspecified atom stereocenters. The van der Waals surface area contributed by atoms with Crippen LogP contribution in [-0.2, 0) is 9.47 Å². The van der Waals surface area contributed by atoms with Gasteiger partial charge < -0.3 is 9.47 Å². The highest BCUT2D eigenvalue weighted by Gasteiger charge is 2.58. The first-order chi connectivity index (χ1) is 11.2. The van der Waals surface area contributed by atoms with Crippen LogP contribution in [0.5, 0.6) is 0 Å². The second-order valence-electron chi connectivity index (χ2n) is 9.91. The zero-order chi connectivity index (χ0) is 15.5. The molecule has 0 aromatic rings. The quantitative estimate of drug-likeness (QED) is 0.752. The van der Waals surface area contributed by atoms with Gasteiger partial charge >= 0.3 is 0 Å². The Bertz CT molecular complexity index is 441. The van der Waals surface area contributed by atoms with Crippen LogP contribution in [0, 0.1) is 40.4 Å². The second kappa shape index (κ2) is 5.46. The molecule has 23 heavy (non-hydrogen) atoms. The molecule has 130 valence electrons. The SMILES string of the molecule is CCC1CCC(C2CC2C2CCC3(CC2)COC3)C2(COC2)C1. The van der Waals surface area contributed by atoms with Crippen LogP contribution in [0.15, 0.2) is 0 Å². The Balaban J connectivity index is 1.21. The summed E-state index contributed by atoms with van der Waals surface area (Å²) in [6.07, 6.45) is 13.3. The molecule has 2 saturated heterocycles. The highest BCUT2D eigenvalue weighted by molar-refractivity contribution is 5.07. The van der Waals surface area contributed by atoms with Crippen molar-refractivity contribution in [3.8, 4) is 0 Å². The zero-order valence-corrected chi connectivity index (χ0v) is 14.9. The normalized spacial score (nSPS) is 44.7. The van der Waals surface area contributed by atoms with E-state index in [2.05, 4.69) is 6.92 Å². The third-order valence-electron chi connectivity index (χ3n) is 8.64. The number of hydrogen-bond donors (Lipinski definition) is 0. The minimum Gasteiger partial charge on any atom is -0.380 e. The van der Waals surface area contributed by atoms with E-state index in [4.69, 9.17) is 9.47 Å². The Morgan fingerprint density at radius 3 is 2.17 bits per heavy atom. The third kappa shape index (κ3) is 2.42. The Morgan fingerprint density at radius 2 is 1.61 bits per heavy atom. The van der Waals surface area contributed by atoms with E-state index in [0.717, 1.165) is 56.0 Å². The van der Waals surface area contributed by atoms with Crippen molar-refractivity contribution in [1.82, 2.24) is 0 Å². The molecule has 5 rings (SSSR count). The van der Waals surface area contributed by atoms with Gasteiger partial charge in [0.15, 0.2) is 0 Å². The maximum Gasteiger partial charge on any atom is 0.0547 e. The molecule has 5 aliphatic rings. The molecule has 4 atom stereocenters. The van der Waals surface area contributed by atoms with Crippen molar-refractivity contribution in [2.24, 2.45) is 40.4 Å². The Kier molecular flexibility index (Phi) is 3.61. The van der Waals surface area contributed by atoms with Gasteiger partial charge in [0.05, 0.1) is 26.4 Å². The molecule has 0 radical (unpaired) electrons. The molecule has 2 aliphatic heterocycles. The topological polar surface area (TPSA) is 18.5 Å². The van der Waals surface area contributed by atoms with Crippen LogP contribution in [0.1, 0.15) is 64.7 Å². The van der Waals surface area contributed by atoms with Gasteiger partial charge in [-0.25, -0.2) is 0 Å².